The molecule has 2 N–H and O–H groups in total. The molecule has 0 atom stereocenters. The van der Waals surface area contributed by atoms with Crippen molar-refractivity contribution in [3.63, 3.8) is 0 Å². The lowest BCUT2D eigenvalue weighted by molar-refractivity contribution is -0.0132. The average Bonchev–Trinajstić information content (AvgIpc) is 2.56. The molecule has 4 nitrogen and oxygen atoms in total. The van der Waals surface area contributed by atoms with E-state index in [1.165, 1.54) is 12.0 Å². The lowest BCUT2D eigenvalue weighted by Gasteiger charge is -2.40. The van der Waals surface area contributed by atoms with E-state index in [0.717, 1.165) is 56.2 Å². The van der Waals surface area contributed by atoms with E-state index in [1.54, 1.807) is 0 Å². The molecule has 0 spiro atoms. The van der Waals surface area contributed by atoms with Crippen LogP contribution in [0.1, 0.15) is 58.3 Å². The molecular formula is C20H31N3O. The van der Waals surface area contributed by atoms with Crippen LogP contribution < -0.4 is 5.73 Å². The number of morpholine rings is 1. The van der Waals surface area contributed by atoms with E-state index in [2.05, 4.69) is 44.7 Å². The van der Waals surface area contributed by atoms with Gasteiger partial charge in [-0.1, -0.05) is 19.9 Å². The van der Waals surface area contributed by atoms with Gasteiger partial charge in [0, 0.05) is 13.1 Å². The van der Waals surface area contributed by atoms with Crippen molar-refractivity contribution >= 4 is 11.3 Å². The Morgan fingerprint density at radius 1 is 1.21 bits per heavy atom. The highest BCUT2D eigenvalue weighted by Gasteiger charge is 2.32. The number of aromatic nitrogens is 1. The van der Waals surface area contributed by atoms with Crippen molar-refractivity contribution in [3.8, 4) is 0 Å². The minimum Gasteiger partial charge on any atom is -0.397 e. The van der Waals surface area contributed by atoms with Gasteiger partial charge in [-0.05, 0) is 56.2 Å². The van der Waals surface area contributed by atoms with E-state index in [1.807, 2.05) is 6.07 Å². The number of allylic oxidation sites excluding steroid dienone is 2. The fourth-order valence-corrected chi connectivity index (χ4v) is 3.64. The standard InChI is InChI=1S/C20H31N3O/c1-19(2)9-7-15(8-10-19)18-16(21)5-6-17(22-18)20(3,4)23-11-13-24-14-12-23/h5-7H,8-14,21H2,1-4H3. The summed E-state index contributed by atoms with van der Waals surface area (Å²) in [6.45, 7) is 12.6. The van der Waals surface area contributed by atoms with Crippen molar-refractivity contribution in [2.45, 2.75) is 52.5 Å². The predicted molar refractivity (Wildman–Crippen MR) is 99.7 cm³/mol. The van der Waals surface area contributed by atoms with Crippen LogP contribution in [0.4, 0.5) is 5.69 Å². The van der Waals surface area contributed by atoms with Crippen molar-refractivity contribution in [2.24, 2.45) is 5.41 Å². The summed E-state index contributed by atoms with van der Waals surface area (Å²) in [6, 6.07) is 4.11. The topological polar surface area (TPSA) is 51.4 Å². The normalized spacial score (nSPS) is 22.2. The number of nitrogens with two attached hydrogens (primary N) is 1. The Morgan fingerprint density at radius 2 is 1.92 bits per heavy atom. The van der Waals surface area contributed by atoms with E-state index in [4.69, 9.17) is 15.5 Å². The van der Waals surface area contributed by atoms with Gasteiger partial charge in [0.15, 0.2) is 0 Å². The van der Waals surface area contributed by atoms with Gasteiger partial charge in [0.1, 0.15) is 0 Å². The van der Waals surface area contributed by atoms with Crippen molar-refractivity contribution in [2.75, 3.05) is 32.0 Å². The second kappa shape index (κ2) is 6.49. The van der Waals surface area contributed by atoms with Gasteiger partial charge in [-0.25, -0.2) is 4.98 Å². The third-order valence-corrected chi connectivity index (χ3v) is 5.63. The predicted octanol–water partition coefficient (Wildman–Crippen LogP) is 3.82. The van der Waals surface area contributed by atoms with Crippen LogP contribution >= 0.6 is 0 Å². The summed E-state index contributed by atoms with van der Waals surface area (Å²) < 4.78 is 5.50. The van der Waals surface area contributed by atoms with Gasteiger partial charge in [0.25, 0.3) is 0 Å². The highest BCUT2D eigenvalue weighted by molar-refractivity contribution is 5.73. The zero-order valence-electron chi connectivity index (χ0n) is 15.6. The summed E-state index contributed by atoms with van der Waals surface area (Å²) in [4.78, 5) is 7.47. The first-order valence-electron chi connectivity index (χ1n) is 9.09. The molecule has 1 aromatic heterocycles. The quantitative estimate of drug-likeness (QED) is 0.916. The van der Waals surface area contributed by atoms with Gasteiger partial charge in [-0.15, -0.1) is 0 Å². The lowest BCUT2D eigenvalue weighted by Crippen LogP contribution is -2.48. The number of ether oxygens (including phenoxy) is 1. The zero-order chi connectivity index (χ0) is 17.4. The van der Waals surface area contributed by atoms with Gasteiger partial charge >= 0.3 is 0 Å². The van der Waals surface area contributed by atoms with Gasteiger partial charge in [0.05, 0.1) is 35.8 Å². The van der Waals surface area contributed by atoms with Crippen LogP contribution in [0.3, 0.4) is 0 Å². The first kappa shape index (κ1) is 17.4. The summed E-state index contributed by atoms with van der Waals surface area (Å²) in [5.74, 6) is 0. The Labute approximate surface area is 146 Å². The molecule has 0 unspecified atom stereocenters. The largest absolute Gasteiger partial charge is 0.397 e. The second-order valence-electron chi connectivity index (χ2n) is 8.39. The van der Waals surface area contributed by atoms with Crippen molar-refractivity contribution in [1.29, 1.82) is 0 Å². The average molecular weight is 329 g/mol. The maximum absolute atomic E-state index is 6.27. The van der Waals surface area contributed by atoms with Crippen LogP contribution in [-0.4, -0.2) is 36.2 Å². The van der Waals surface area contributed by atoms with Gasteiger partial charge in [0.2, 0.25) is 0 Å². The monoisotopic (exact) mass is 329 g/mol. The number of pyridine rings is 1. The molecule has 0 aromatic carbocycles. The van der Waals surface area contributed by atoms with Crippen molar-refractivity contribution in [3.05, 3.63) is 29.6 Å². The van der Waals surface area contributed by atoms with E-state index >= 15 is 0 Å². The maximum atomic E-state index is 6.27. The zero-order valence-corrected chi connectivity index (χ0v) is 15.6. The highest BCUT2D eigenvalue weighted by Crippen LogP contribution is 2.39. The van der Waals surface area contributed by atoms with Crippen LogP contribution in [0.25, 0.3) is 5.57 Å². The number of nitrogen functional groups attached to an aromatic ring is 1. The van der Waals surface area contributed by atoms with Crippen LogP contribution in [0.15, 0.2) is 18.2 Å². The molecule has 24 heavy (non-hydrogen) atoms. The van der Waals surface area contributed by atoms with Gasteiger partial charge < -0.3 is 10.5 Å². The molecule has 0 amide bonds. The molecule has 0 saturated carbocycles. The third kappa shape index (κ3) is 3.50. The van der Waals surface area contributed by atoms with E-state index < -0.39 is 0 Å². The molecule has 1 fully saturated rings. The Balaban J connectivity index is 1.90. The van der Waals surface area contributed by atoms with Crippen LogP contribution in [0.2, 0.25) is 0 Å². The molecule has 2 heterocycles. The fourth-order valence-electron chi connectivity index (χ4n) is 3.64. The molecule has 0 radical (unpaired) electrons. The number of rotatable bonds is 3. The molecule has 0 bridgehead atoms. The number of hydrogen-bond donors (Lipinski definition) is 1. The minimum absolute atomic E-state index is 0.110. The van der Waals surface area contributed by atoms with Gasteiger partial charge in [-0.3, -0.25) is 4.90 Å². The minimum atomic E-state index is -0.110. The summed E-state index contributed by atoms with van der Waals surface area (Å²) in [6.07, 6.45) is 5.69. The Bertz CT molecular complexity index is 628. The molecule has 2 aliphatic rings. The maximum Gasteiger partial charge on any atom is 0.0891 e. The SMILES string of the molecule is CC1(C)CC=C(c2nc(C(C)(C)N3CCOCC3)ccc2N)CC1. The third-order valence-electron chi connectivity index (χ3n) is 5.63. The Morgan fingerprint density at radius 3 is 2.54 bits per heavy atom. The van der Waals surface area contributed by atoms with Crippen LogP contribution in [0, 0.1) is 5.41 Å². The fraction of sp³-hybridized carbons (Fsp3) is 0.650. The number of anilines is 1. The highest BCUT2D eigenvalue weighted by atomic mass is 16.5. The molecule has 1 aliphatic carbocycles. The molecular weight excluding hydrogens is 298 g/mol. The first-order chi connectivity index (χ1) is 11.3. The summed E-state index contributed by atoms with van der Waals surface area (Å²) in [5.41, 5.74) is 10.7. The van der Waals surface area contributed by atoms with Crippen LogP contribution in [-0.2, 0) is 10.3 Å². The molecule has 1 aliphatic heterocycles. The summed E-state index contributed by atoms with van der Waals surface area (Å²) in [5, 5.41) is 0. The van der Waals surface area contributed by atoms with Crippen LogP contribution in [0.5, 0.6) is 0 Å². The molecule has 3 rings (SSSR count). The lowest BCUT2D eigenvalue weighted by atomic mass is 9.77. The van der Waals surface area contributed by atoms with E-state index in [0.29, 0.717) is 5.41 Å². The van der Waals surface area contributed by atoms with E-state index in [9.17, 15) is 0 Å². The first-order valence-corrected chi connectivity index (χ1v) is 9.09. The smallest absolute Gasteiger partial charge is 0.0891 e. The number of nitrogens with zero attached hydrogens (tertiary/aromatic N) is 2. The molecule has 4 heteroatoms. The van der Waals surface area contributed by atoms with Crippen molar-refractivity contribution in [1.82, 2.24) is 9.88 Å². The number of hydrogen-bond acceptors (Lipinski definition) is 4. The Kier molecular flexibility index (Phi) is 4.71. The molecule has 132 valence electrons. The summed E-state index contributed by atoms with van der Waals surface area (Å²) >= 11 is 0. The molecule has 1 aromatic rings. The van der Waals surface area contributed by atoms with Crippen molar-refractivity contribution < 1.29 is 4.74 Å². The van der Waals surface area contributed by atoms with E-state index in [-0.39, 0.29) is 5.54 Å². The second-order valence-corrected chi connectivity index (χ2v) is 8.39. The van der Waals surface area contributed by atoms with Gasteiger partial charge in [-0.2, -0.15) is 0 Å². The molecule has 1 saturated heterocycles. The Hall–Kier alpha value is -1.39. The summed E-state index contributed by atoms with van der Waals surface area (Å²) in [7, 11) is 0.